The summed E-state index contributed by atoms with van der Waals surface area (Å²) in [7, 11) is 0. The van der Waals surface area contributed by atoms with Crippen LogP contribution in [0.4, 0.5) is 20.2 Å². The smallest absolute Gasteiger partial charge is 0.257 e. The van der Waals surface area contributed by atoms with Gasteiger partial charge in [0, 0.05) is 41.6 Å². The standard InChI is InChI=1S/C22H22F2N4O/c1-13-6-8-16-20(27-15-7-9-18(23)19(24)11-15)17(12-25-21(16)26-13)22(29)28-10-4-3-5-14(28)2/h6-9,11-12,14H,3-5,10H2,1-2H3,(H,25,26,27)/t14-/m0/s1. The van der Waals surface area contributed by atoms with Crippen molar-refractivity contribution in [2.24, 2.45) is 0 Å². The number of fused-ring (bicyclic) bond motifs is 1. The molecule has 1 N–H and O–H groups in total. The van der Waals surface area contributed by atoms with Crippen LogP contribution in [0.15, 0.2) is 36.5 Å². The fourth-order valence-electron chi connectivity index (χ4n) is 3.74. The molecule has 4 rings (SSSR count). The number of carbonyl (C=O) groups excluding carboxylic acids is 1. The maximum atomic E-state index is 13.7. The Hall–Kier alpha value is -3.09. The molecule has 1 aliphatic heterocycles. The number of benzene rings is 1. The van der Waals surface area contributed by atoms with Gasteiger partial charge in [-0.1, -0.05) is 0 Å². The summed E-state index contributed by atoms with van der Waals surface area (Å²) in [5.41, 5.74) is 2.52. The van der Waals surface area contributed by atoms with E-state index < -0.39 is 11.6 Å². The molecule has 0 spiro atoms. The van der Waals surface area contributed by atoms with Gasteiger partial charge in [-0.2, -0.15) is 0 Å². The highest BCUT2D eigenvalue weighted by Gasteiger charge is 2.27. The van der Waals surface area contributed by atoms with Crippen LogP contribution >= 0.6 is 0 Å². The van der Waals surface area contributed by atoms with Gasteiger partial charge in [0.25, 0.3) is 5.91 Å². The fraction of sp³-hybridized carbons (Fsp3) is 0.318. The van der Waals surface area contributed by atoms with Crippen molar-refractivity contribution in [3.05, 3.63) is 59.4 Å². The Morgan fingerprint density at radius 3 is 2.76 bits per heavy atom. The molecule has 1 amide bonds. The van der Waals surface area contributed by atoms with Crippen molar-refractivity contribution in [1.82, 2.24) is 14.9 Å². The lowest BCUT2D eigenvalue weighted by Gasteiger charge is -2.34. The lowest BCUT2D eigenvalue weighted by atomic mass is 10.0. The first-order chi connectivity index (χ1) is 13.9. The molecule has 1 fully saturated rings. The van der Waals surface area contributed by atoms with Crippen molar-refractivity contribution in [3.63, 3.8) is 0 Å². The molecular weight excluding hydrogens is 374 g/mol. The topological polar surface area (TPSA) is 58.1 Å². The predicted octanol–water partition coefficient (Wildman–Crippen LogP) is 4.97. The number of rotatable bonds is 3. The number of amides is 1. The second-order valence-corrected chi connectivity index (χ2v) is 7.47. The second-order valence-electron chi connectivity index (χ2n) is 7.47. The van der Waals surface area contributed by atoms with E-state index in [0.29, 0.717) is 34.5 Å². The van der Waals surface area contributed by atoms with Gasteiger partial charge in [-0.25, -0.2) is 18.7 Å². The predicted molar refractivity (Wildman–Crippen MR) is 108 cm³/mol. The first-order valence-electron chi connectivity index (χ1n) is 9.73. The van der Waals surface area contributed by atoms with E-state index in [0.717, 1.165) is 37.1 Å². The highest BCUT2D eigenvalue weighted by molar-refractivity contribution is 6.07. The number of aromatic nitrogens is 2. The minimum Gasteiger partial charge on any atom is -0.354 e. The van der Waals surface area contributed by atoms with Crippen molar-refractivity contribution < 1.29 is 13.6 Å². The molecule has 1 atom stereocenters. The van der Waals surface area contributed by atoms with E-state index >= 15 is 0 Å². The summed E-state index contributed by atoms with van der Waals surface area (Å²) in [4.78, 5) is 24.0. The van der Waals surface area contributed by atoms with E-state index in [1.807, 2.05) is 30.9 Å². The maximum Gasteiger partial charge on any atom is 0.257 e. The summed E-state index contributed by atoms with van der Waals surface area (Å²) >= 11 is 0. The molecule has 0 radical (unpaired) electrons. The SMILES string of the molecule is Cc1ccc2c(Nc3ccc(F)c(F)c3)c(C(=O)N3CCCC[C@@H]3C)cnc2n1. The Morgan fingerprint density at radius 1 is 1.17 bits per heavy atom. The number of nitrogens with zero attached hydrogens (tertiary/aromatic N) is 3. The van der Waals surface area contributed by atoms with Crippen LogP contribution in [0.5, 0.6) is 0 Å². The average molecular weight is 396 g/mol. The zero-order chi connectivity index (χ0) is 20.5. The second kappa shape index (κ2) is 7.73. The molecule has 2 aromatic heterocycles. The van der Waals surface area contributed by atoms with E-state index in [4.69, 9.17) is 0 Å². The van der Waals surface area contributed by atoms with Crippen molar-refractivity contribution in [3.8, 4) is 0 Å². The highest BCUT2D eigenvalue weighted by Crippen LogP contribution is 2.31. The summed E-state index contributed by atoms with van der Waals surface area (Å²) in [6, 6.07) is 7.36. The molecule has 0 unspecified atom stereocenters. The molecule has 0 bridgehead atoms. The van der Waals surface area contributed by atoms with E-state index in [1.54, 1.807) is 0 Å². The van der Waals surface area contributed by atoms with Gasteiger partial charge in [0.1, 0.15) is 0 Å². The van der Waals surface area contributed by atoms with Crippen LogP contribution in [-0.2, 0) is 0 Å². The Kier molecular flexibility index (Phi) is 5.13. The van der Waals surface area contributed by atoms with Crippen molar-refractivity contribution in [1.29, 1.82) is 0 Å². The summed E-state index contributed by atoms with van der Waals surface area (Å²) in [6.45, 7) is 4.59. The molecule has 150 valence electrons. The zero-order valence-corrected chi connectivity index (χ0v) is 16.4. The molecule has 1 saturated heterocycles. The summed E-state index contributed by atoms with van der Waals surface area (Å²) in [5, 5.41) is 3.75. The number of nitrogens with one attached hydrogen (secondary N) is 1. The first kappa shape index (κ1) is 19.2. The monoisotopic (exact) mass is 396 g/mol. The molecule has 1 aromatic carbocycles. The molecule has 1 aliphatic rings. The third-order valence-electron chi connectivity index (χ3n) is 5.35. The van der Waals surface area contributed by atoms with Gasteiger partial charge in [0.15, 0.2) is 17.3 Å². The number of hydrogen-bond acceptors (Lipinski definition) is 4. The normalized spacial score (nSPS) is 16.8. The molecular formula is C22H22F2N4O. The van der Waals surface area contributed by atoms with Crippen molar-refractivity contribution in [2.45, 2.75) is 39.2 Å². The number of aryl methyl sites for hydroxylation is 1. The first-order valence-corrected chi connectivity index (χ1v) is 9.73. The Balaban J connectivity index is 1.82. The number of hydrogen-bond donors (Lipinski definition) is 1. The number of piperidine rings is 1. The van der Waals surface area contributed by atoms with Crippen LogP contribution in [0.2, 0.25) is 0 Å². The van der Waals surface area contributed by atoms with Gasteiger partial charge >= 0.3 is 0 Å². The highest BCUT2D eigenvalue weighted by atomic mass is 19.2. The van der Waals surface area contributed by atoms with E-state index in [9.17, 15) is 13.6 Å². The lowest BCUT2D eigenvalue weighted by Crippen LogP contribution is -2.42. The summed E-state index contributed by atoms with van der Waals surface area (Å²) < 4.78 is 27.1. The van der Waals surface area contributed by atoms with Crippen molar-refractivity contribution in [2.75, 3.05) is 11.9 Å². The van der Waals surface area contributed by atoms with Gasteiger partial charge in [0.05, 0.1) is 11.3 Å². The van der Waals surface area contributed by atoms with Crippen LogP contribution in [0, 0.1) is 18.6 Å². The molecule has 3 aromatic rings. The fourth-order valence-corrected chi connectivity index (χ4v) is 3.74. The number of carbonyl (C=O) groups is 1. The number of likely N-dealkylation sites (tertiary alicyclic amines) is 1. The third-order valence-corrected chi connectivity index (χ3v) is 5.35. The van der Waals surface area contributed by atoms with Crippen LogP contribution < -0.4 is 5.32 Å². The molecule has 3 heterocycles. The third kappa shape index (κ3) is 3.77. The van der Waals surface area contributed by atoms with Gasteiger partial charge in [-0.05, 0) is 57.4 Å². The largest absolute Gasteiger partial charge is 0.354 e. The molecule has 0 saturated carbocycles. The molecule has 7 heteroatoms. The Morgan fingerprint density at radius 2 is 2.00 bits per heavy atom. The maximum absolute atomic E-state index is 13.7. The summed E-state index contributed by atoms with van der Waals surface area (Å²) in [6.07, 6.45) is 4.54. The molecule has 5 nitrogen and oxygen atoms in total. The number of halogens is 2. The van der Waals surface area contributed by atoms with Gasteiger partial charge < -0.3 is 10.2 Å². The van der Waals surface area contributed by atoms with Gasteiger partial charge in [0.2, 0.25) is 0 Å². The van der Waals surface area contributed by atoms with Crippen LogP contribution in [0.25, 0.3) is 11.0 Å². The summed E-state index contributed by atoms with van der Waals surface area (Å²) in [5.74, 6) is -2.01. The lowest BCUT2D eigenvalue weighted by molar-refractivity contribution is 0.0636. The molecule has 29 heavy (non-hydrogen) atoms. The number of anilines is 2. The Bertz CT molecular complexity index is 1090. The minimum atomic E-state index is -0.958. The van der Waals surface area contributed by atoms with Crippen molar-refractivity contribution >= 4 is 28.3 Å². The van der Waals surface area contributed by atoms with Crippen LogP contribution in [0.1, 0.15) is 42.2 Å². The zero-order valence-electron chi connectivity index (χ0n) is 16.4. The van der Waals surface area contributed by atoms with E-state index in [1.165, 1.54) is 12.3 Å². The van der Waals surface area contributed by atoms with Crippen LogP contribution in [0.3, 0.4) is 0 Å². The quantitative estimate of drug-likeness (QED) is 0.679. The minimum absolute atomic E-state index is 0.128. The van der Waals surface area contributed by atoms with E-state index in [-0.39, 0.29) is 11.9 Å². The van der Waals surface area contributed by atoms with E-state index in [2.05, 4.69) is 15.3 Å². The molecule has 0 aliphatic carbocycles. The Labute approximate surface area is 167 Å². The van der Waals surface area contributed by atoms with Gasteiger partial charge in [-0.3, -0.25) is 4.79 Å². The van der Waals surface area contributed by atoms with Crippen LogP contribution in [-0.4, -0.2) is 33.4 Å². The van der Waals surface area contributed by atoms with Gasteiger partial charge in [-0.15, -0.1) is 0 Å². The number of pyridine rings is 2. The average Bonchev–Trinajstić information content (AvgIpc) is 2.70.